The Morgan fingerprint density at radius 1 is 1.05 bits per heavy atom. The van der Waals surface area contributed by atoms with Gasteiger partial charge in [0.2, 0.25) is 0 Å². The van der Waals surface area contributed by atoms with Gasteiger partial charge in [-0.1, -0.05) is 60.1 Å². The molecule has 0 saturated carbocycles. The maximum absolute atomic E-state index is 13.0. The average Bonchev–Trinajstić information content (AvgIpc) is 3.17. The number of Topliss-reactive ketones (excluding diaryl/α,β-unsaturated/α-hetero) is 1. The smallest absolute Gasteiger partial charge is 0.293 e. The summed E-state index contributed by atoms with van der Waals surface area (Å²) in [5.74, 6) is 0.296. The van der Waals surface area contributed by atoms with Crippen LogP contribution >= 0.6 is 23.4 Å². The molecule has 0 radical (unpaired) electrons. The first-order valence-corrected chi connectivity index (χ1v) is 13.2. The molecule has 1 heterocycles. The molecule has 1 aliphatic rings. The van der Waals surface area contributed by atoms with E-state index in [4.69, 9.17) is 21.1 Å². The van der Waals surface area contributed by atoms with Crippen molar-refractivity contribution in [2.45, 2.75) is 20.0 Å². The maximum atomic E-state index is 13.0. The number of carbonyl (C=O) groups excluding carboxylic acids is 3. The second-order valence-corrected chi connectivity index (χ2v) is 9.83. The highest BCUT2D eigenvalue weighted by Crippen LogP contribution is 2.38. The highest BCUT2D eigenvalue weighted by molar-refractivity contribution is 8.18. The molecule has 2 amide bonds. The molecule has 1 saturated heterocycles. The molecular formula is C30H26ClNO5S. The second-order valence-electron chi connectivity index (χ2n) is 8.41. The molecule has 1 fully saturated rings. The van der Waals surface area contributed by atoms with E-state index in [0.717, 1.165) is 27.8 Å². The summed E-state index contributed by atoms with van der Waals surface area (Å²) in [6.45, 7) is 6.14. The lowest BCUT2D eigenvalue weighted by atomic mass is 10.0. The van der Waals surface area contributed by atoms with Crippen molar-refractivity contribution in [2.75, 3.05) is 13.2 Å². The number of amides is 2. The summed E-state index contributed by atoms with van der Waals surface area (Å²) in [7, 11) is 0. The number of hydrogen-bond acceptors (Lipinski definition) is 6. The summed E-state index contributed by atoms with van der Waals surface area (Å²) in [5.41, 5.74) is 2.89. The van der Waals surface area contributed by atoms with Gasteiger partial charge in [0.15, 0.2) is 17.3 Å². The number of ketones is 1. The van der Waals surface area contributed by atoms with E-state index in [1.807, 2.05) is 25.1 Å². The highest BCUT2D eigenvalue weighted by atomic mass is 35.5. The van der Waals surface area contributed by atoms with E-state index in [1.54, 1.807) is 60.7 Å². The van der Waals surface area contributed by atoms with Crippen molar-refractivity contribution in [1.82, 2.24) is 4.90 Å². The van der Waals surface area contributed by atoms with E-state index in [9.17, 15) is 14.4 Å². The number of rotatable bonds is 11. The Kier molecular flexibility index (Phi) is 9.05. The number of allylic oxidation sites excluding steroid dienone is 1. The van der Waals surface area contributed by atoms with Crippen LogP contribution < -0.4 is 9.47 Å². The van der Waals surface area contributed by atoms with Crippen LogP contribution in [-0.4, -0.2) is 35.0 Å². The van der Waals surface area contributed by atoms with Crippen LogP contribution in [0.15, 0.2) is 84.3 Å². The predicted molar refractivity (Wildman–Crippen MR) is 151 cm³/mol. The molecule has 0 spiro atoms. The molecule has 1 aliphatic heterocycles. The fourth-order valence-electron chi connectivity index (χ4n) is 3.88. The summed E-state index contributed by atoms with van der Waals surface area (Å²) in [5, 5.41) is 0.166. The molecule has 4 rings (SSSR count). The third kappa shape index (κ3) is 6.54. The van der Waals surface area contributed by atoms with Crippen molar-refractivity contribution in [2.24, 2.45) is 0 Å². The quantitative estimate of drug-likeness (QED) is 0.147. The van der Waals surface area contributed by atoms with Gasteiger partial charge in [-0.15, -0.1) is 6.58 Å². The van der Waals surface area contributed by atoms with Crippen LogP contribution in [0.2, 0.25) is 5.02 Å². The van der Waals surface area contributed by atoms with Gasteiger partial charge in [-0.2, -0.15) is 0 Å². The zero-order valence-corrected chi connectivity index (χ0v) is 22.4. The second kappa shape index (κ2) is 12.6. The van der Waals surface area contributed by atoms with E-state index >= 15 is 0 Å². The molecule has 0 atom stereocenters. The molecule has 0 N–H and O–H groups in total. The van der Waals surface area contributed by atoms with Crippen LogP contribution in [-0.2, 0) is 17.8 Å². The van der Waals surface area contributed by atoms with Gasteiger partial charge in [-0.3, -0.25) is 19.3 Å². The standard InChI is InChI=1S/C30H26ClNO5S/c1-3-8-23-15-21(16-26(36-4-2)28(23)37-19-20-11-13-24(31)14-12-20)17-27-29(34)32(30(35)38-27)18-25(33)22-9-6-5-7-10-22/h3,5-7,9-17H,1,4,8,18-19H2,2H3/b27-17-. The number of nitrogens with zero attached hydrogens (tertiary/aromatic N) is 1. The first kappa shape index (κ1) is 27.2. The summed E-state index contributed by atoms with van der Waals surface area (Å²) in [6.07, 6.45) is 3.90. The van der Waals surface area contributed by atoms with E-state index < -0.39 is 11.1 Å². The van der Waals surface area contributed by atoms with E-state index in [-0.39, 0.29) is 17.2 Å². The first-order valence-electron chi connectivity index (χ1n) is 12.0. The SMILES string of the molecule is C=CCc1cc(/C=C2\SC(=O)N(CC(=O)c3ccccc3)C2=O)cc(OCC)c1OCc1ccc(Cl)cc1. The fraction of sp³-hybridized carbons (Fsp3) is 0.167. The van der Waals surface area contributed by atoms with Crippen molar-refractivity contribution in [3.05, 3.63) is 112 Å². The van der Waals surface area contributed by atoms with Gasteiger partial charge in [0, 0.05) is 16.1 Å². The summed E-state index contributed by atoms with van der Waals surface area (Å²) < 4.78 is 12.0. The molecule has 0 unspecified atom stereocenters. The van der Waals surface area contributed by atoms with Crippen molar-refractivity contribution in [3.8, 4) is 11.5 Å². The molecular weight excluding hydrogens is 522 g/mol. The van der Waals surface area contributed by atoms with E-state index in [2.05, 4.69) is 6.58 Å². The molecule has 0 bridgehead atoms. The Hall–Kier alpha value is -3.81. The highest BCUT2D eigenvalue weighted by Gasteiger charge is 2.36. The maximum Gasteiger partial charge on any atom is 0.293 e. The number of hydrogen-bond donors (Lipinski definition) is 0. The Balaban J connectivity index is 1.59. The lowest BCUT2D eigenvalue weighted by Gasteiger charge is -2.17. The number of ether oxygens (including phenoxy) is 2. The van der Waals surface area contributed by atoms with Crippen LogP contribution in [0.4, 0.5) is 4.79 Å². The van der Waals surface area contributed by atoms with Gasteiger partial charge in [0.1, 0.15) is 6.61 Å². The average molecular weight is 548 g/mol. The molecule has 3 aromatic carbocycles. The normalized spacial score (nSPS) is 14.2. The topological polar surface area (TPSA) is 72.9 Å². The van der Waals surface area contributed by atoms with Crippen molar-refractivity contribution < 1.29 is 23.9 Å². The Labute approximate surface area is 230 Å². The number of thioether (sulfide) groups is 1. The van der Waals surface area contributed by atoms with Gasteiger partial charge >= 0.3 is 0 Å². The monoisotopic (exact) mass is 547 g/mol. The molecule has 8 heteroatoms. The van der Waals surface area contributed by atoms with Crippen molar-refractivity contribution in [3.63, 3.8) is 0 Å². The van der Waals surface area contributed by atoms with Gasteiger partial charge < -0.3 is 9.47 Å². The molecule has 38 heavy (non-hydrogen) atoms. The molecule has 3 aromatic rings. The van der Waals surface area contributed by atoms with Crippen LogP contribution in [0, 0.1) is 0 Å². The van der Waals surface area contributed by atoms with Gasteiger partial charge in [-0.25, -0.2) is 0 Å². The number of halogens is 1. The molecule has 0 aliphatic carbocycles. The van der Waals surface area contributed by atoms with Crippen molar-refractivity contribution >= 4 is 46.4 Å². The summed E-state index contributed by atoms with van der Waals surface area (Å²) in [6, 6.07) is 19.6. The molecule has 0 aromatic heterocycles. The molecule has 194 valence electrons. The van der Waals surface area contributed by atoms with E-state index in [0.29, 0.717) is 47.3 Å². The predicted octanol–water partition coefficient (Wildman–Crippen LogP) is 6.97. The van der Waals surface area contributed by atoms with Crippen LogP contribution in [0.1, 0.15) is 34.0 Å². The minimum Gasteiger partial charge on any atom is -0.490 e. The zero-order valence-electron chi connectivity index (χ0n) is 20.8. The van der Waals surface area contributed by atoms with E-state index in [1.165, 1.54) is 0 Å². The van der Waals surface area contributed by atoms with Crippen LogP contribution in [0.3, 0.4) is 0 Å². The molecule has 6 nitrogen and oxygen atoms in total. The number of benzene rings is 3. The number of carbonyl (C=O) groups is 3. The fourth-order valence-corrected chi connectivity index (χ4v) is 4.85. The first-order chi connectivity index (χ1) is 18.4. The largest absolute Gasteiger partial charge is 0.490 e. The minimum atomic E-state index is -0.504. The third-order valence-electron chi connectivity index (χ3n) is 5.68. The van der Waals surface area contributed by atoms with Crippen LogP contribution in [0.25, 0.3) is 6.08 Å². The number of imide groups is 1. The summed E-state index contributed by atoms with van der Waals surface area (Å²) in [4.78, 5) is 39.4. The van der Waals surface area contributed by atoms with Crippen molar-refractivity contribution in [1.29, 1.82) is 0 Å². The Morgan fingerprint density at radius 3 is 2.47 bits per heavy atom. The van der Waals surface area contributed by atoms with Gasteiger partial charge in [-0.05, 0) is 66.6 Å². The Bertz CT molecular complexity index is 1390. The van der Waals surface area contributed by atoms with Gasteiger partial charge in [0.05, 0.1) is 18.1 Å². The lowest BCUT2D eigenvalue weighted by molar-refractivity contribution is -0.122. The lowest BCUT2D eigenvalue weighted by Crippen LogP contribution is -2.33. The Morgan fingerprint density at radius 2 is 1.79 bits per heavy atom. The third-order valence-corrected chi connectivity index (χ3v) is 6.84. The van der Waals surface area contributed by atoms with Crippen LogP contribution in [0.5, 0.6) is 11.5 Å². The van der Waals surface area contributed by atoms with Gasteiger partial charge in [0.25, 0.3) is 11.1 Å². The minimum absolute atomic E-state index is 0.234. The summed E-state index contributed by atoms with van der Waals surface area (Å²) >= 11 is 6.79. The zero-order chi connectivity index (χ0) is 27.1.